The van der Waals surface area contributed by atoms with Gasteiger partial charge in [0.1, 0.15) is 0 Å². The number of aliphatic hydroxyl groups excluding tert-OH is 1. The third-order valence-electron chi connectivity index (χ3n) is 3.90. The van der Waals surface area contributed by atoms with Gasteiger partial charge in [0.2, 0.25) is 0 Å². The highest BCUT2D eigenvalue weighted by atomic mass is 32.1. The van der Waals surface area contributed by atoms with E-state index in [0.29, 0.717) is 0 Å². The van der Waals surface area contributed by atoms with Crippen LogP contribution in [0.15, 0.2) is 0 Å². The highest BCUT2D eigenvalue weighted by molar-refractivity contribution is 7.15. The summed E-state index contributed by atoms with van der Waals surface area (Å²) in [5, 5.41) is 10.4. The van der Waals surface area contributed by atoms with Crippen LogP contribution in [-0.2, 0) is 13.0 Å². The third kappa shape index (κ3) is 1.55. The van der Waals surface area contributed by atoms with E-state index in [1.165, 1.54) is 25.8 Å². The maximum absolute atomic E-state index is 9.29. The van der Waals surface area contributed by atoms with Crippen molar-refractivity contribution in [1.82, 2.24) is 4.98 Å². The van der Waals surface area contributed by atoms with E-state index in [-0.39, 0.29) is 6.61 Å². The van der Waals surface area contributed by atoms with Gasteiger partial charge in [-0.1, -0.05) is 18.3 Å². The average molecular weight is 238 g/mol. The summed E-state index contributed by atoms with van der Waals surface area (Å²) in [6.45, 7) is 3.43. The third-order valence-corrected chi connectivity index (χ3v) is 5.02. The van der Waals surface area contributed by atoms with Crippen molar-refractivity contribution >= 4 is 16.5 Å². The van der Waals surface area contributed by atoms with Gasteiger partial charge in [-0.15, -0.1) is 0 Å². The molecule has 2 atom stereocenters. The number of piperidine rings is 1. The molecule has 88 valence electrons. The first-order valence-electron chi connectivity index (χ1n) is 6.18. The van der Waals surface area contributed by atoms with Crippen LogP contribution in [0.25, 0.3) is 0 Å². The fourth-order valence-corrected chi connectivity index (χ4v) is 4.14. The van der Waals surface area contributed by atoms with Crippen molar-refractivity contribution in [2.24, 2.45) is 5.92 Å². The Hall–Kier alpha value is -0.610. The van der Waals surface area contributed by atoms with Crippen LogP contribution in [0.1, 0.15) is 36.8 Å². The fourth-order valence-electron chi connectivity index (χ4n) is 3.05. The summed E-state index contributed by atoms with van der Waals surface area (Å²) >= 11 is 1.69. The zero-order valence-corrected chi connectivity index (χ0v) is 10.5. The molecule has 1 saturated heterocycles. The summed E-state index contributed by atoms with van der Waals surface area (Å²) in [5.74, 6) is 0.900. The molecular formula is C12H18N2OS. The second kappa shape index (κ2) is 4.00. The molecule has 2 bridgehead atoms. The monoisotopic (exact) mass is 238 g/mol. The van der Waals surface area contributed by atoms with Gasteiger partial charge in [0.15, 0.2) is 5.13 Å². The zero-order valence-electron chi connectivity index (χ0n) is 9.65. The van der Waals surface area contributed by atoms with Crippen LogP contribution < -0.4 is 4.90 Å². The van der Waals surface area contributed by atoms with Crippen LogP contribution in [-0.4, -0.2) is 22.7 Å². The number of aryl methyl sites for hydroxylation is 1. The van der Waals surface area contributed by atoms with Crippen molar-refractivity contribution in [1.29, 1.82) is 0 Å². The molecule has 3 rings (SSSR count). The standard InChI is InChI=1S/C12H18N2OS/c1-2-10-11(7-15)16-12(13-10)14-6-8-3-4-9(14)5-8/h8-9,15H,2-7H2,1H3. The van der Waals surface area contributed by atoms with E-state index in [1.807, 2.05) is 0 Å². The Labute approximate surface area is 100 Å². The van der Waals surface area contributed by atoms with E-state index >= 15 is 0 Å². The molecule has 0 amide bonds. The molecule has 3 nitrogen and oxygen atoms in total. The summed E-state index contributed by atoms with van der Waals surface area (Å²) in [6.07, 6.45) is 5.02. The number of anilines is 1. The largest absolute Gasteiger partial charge is 0.391 e. The lowest BCUT2D eigenvalue weighted by Crippen LogP contribution is -2.31. The number of rotatable bonds is 3. The molecule has 2 fully saturated rings. The van der Waals surface area contributed by atoms with Crippen molar-refractivity contribution in [3.8, 4) is 0 Å². The molecule has 2 unspecified atom stereocenters. The van der Waals surface area contributed by atoms with E-state index in [1.54, 1.807) is 11.3 Å². The van der Waals surface area contributed by atoms with Gasteiger partial charge in [-0.3, -0.25) is 0 Å². The van der Waals surface area contributed by atoms with Crippen LogP contribution >= 0.6 is 11.3 Å². The zero-order chi connectivity index (χ0) is 11.1. The smallest absolute Gasteiger partial charge is 0.186 e. The molecular weight excluding hydrogens is 220 g/mol. The lowest BCUT2D eigenvalue weighted by molar-refractivity contribution is 0.284. The normalized spacial score (nSPS) is 28.0. The second-order valence-corrected chi connectivity index (χ2v) is 5.93. The van der Waals surface area contributed by atoms with Gasteiger partial charge in [-0.2, -0.15) is 0 Å². The highest BCUT2D eigenvalue weighted by Crippen LogP contribution is 2.41. The number of nitrogens with zero attached hydrogens (tertiary/aromatic N) is 2. The summed E-state index contributed by atoms with van der Waals surface area (Å²) in [5.41, 5.74) is 1.09. The van der Waals surface area contributed by atoms with Crippen molar-refractivity contribution < 1.29 is 5.11 Å². The Morgan fingerprint density at radius 1 is 1.50 bits per heavy atom. The average Bonchev–Trinajstić information content (AvgIpc) is 3.02. The molecule has 2 heterocycles. The molecule has 0 spiro atoms. The predicted octanol–water partition coefficient (Wildman–Crippen LogP) is 2.19. The van der Waals surface area contributed by atoms with Crippen molar-refractivity contribution in [3.05, 3.63) is 10.6 Å². The van der Waals surface area contributed by atoms with Crippen molar-refractivity contribution in [2.75, 3.05) is 11.4 Å². The molecule has 0 radical (unpaired) electrons. The minimum absolute atomic E-state index is 0.142. The Bertz CT molecular complexity index is 369. The quantitative estimate of drug-likeness (QED) is 0.877. The van der Waals surface area contributed by atoms with Crippen LogP contribution in [0.4, 0.5) is 5.13 Å². The molecule has 0 aromatic carbocycles. The Kier molecular flexibility index (Phi) is 2.64. The number of fused-ring (bicyclic) bond motifs is 2. The van der Waals surface area contributed by atoms with Crippen LogP contribution in [0.2, 0.25) is 0 Å². The number of aromatic nitrogens is 1. The molecule has 1 N–H and O–H groups in total. The Morgan fingerprint density at radius 3 is 2.88 bits per heavy atom. The van der Waals surface area contributed by atoms with E-state index < -0.39 is 0 Å². The van der Waals surface area contributed by atoms with Gasteiger partial charge >= 0.3 is 0 Å². The first kappa shape index (κ1) is 10.5. The van der Waals surface area contributed by atoms with Crippen LogP contribution in [0.3, 0.4) is 0 Å². The van der Waals surface area contributed by atoms with E-state index in [2.05, 4.69) is 16.8 Å². The summed E-state index contributed by atoms with van der Waals surface area (Å²) in [7, 11) is 0. The fraction of sp³-hybridized carbons (Fsp3) is 0.750. The summed E-state index contributed by atoms with van der Waals surface area (Å²) < 4.78 is 0. The van der Waals surface area contributed by atoms with E-state index in [0.717, 1.165) is 34.1 Å². The minimum atomic E-state index is 0.142. The second-order valence-electron chi connectivity index (χ2n) is 4.86. The Morgan fingerprint density at radius 2 is 2.38 bits per heavy atom. The first-order valence-corrected chi connectivity index (χ1v) is 6.99. The number of hydrogen-bond acceptors (Lipinski definition) is 4. The number of thiazole rings is 1. The van der Waals surface area contributed by atoms with Gasteiger partial charge in [-0.25, -0.2) is 4.98 Å². The SMILES string of the molecule is CCc1nc(N2CC3CCC2C3)sc1CO. The first-order chi connectivity index (χ1) is 7.81. The van der Waals surface area contributed by atoms with Crippen molar-refractivity contribution in [3.63, 3.8) is 0 Å². The van der Waals surface area contributed by atoms with Crippen molar-refractivity contribution in [2.45, 2.75) is 45.3 Å². The highest BCUT2D eigenvalue weighted by Gasteiger charge is 2.39. The topological polar surface area (TPSA) is 36.4 Å². The molecule has 4 heteroatoms. The Balaban J connectivity index is 1.86. The maximum Gasteiger partial charge on any atom is 0.186 e. The predicted molar refractivity (Wildman–Crippen MR) is 65.9 cm³/mol. The molecule has 2 aliphatic rings. The molecule has 1 saturated carbocycles. The van der Waals surface area contributed by atoms with Crippen LogP contribution in [0.5, 0.6) is 0 Å². The van der Waals surface area contributed by atoms with Gasteiger partial charge in [0.05, 0.1) is 17.2 Å². The summed E-state index contributed by atoms with van der Waals surface area (Å²) in [6, 6.07) is 0.729. The molecule has 1 aliphatic heterocycles. The molecule has 1 aliphatic carbocycles. The van der Waals surface area contributed by atoms with Gasteiger partial charge in [-0.05, 0) is 31.6 Å². The number of hydrogen-bond donors (Lipinski definition) is 1. The van der Waals surface area contributed by atoms with Gasteiger partial charge < -0.3 is 10.0 Å². The lowest BCUT2D eigenvalue weighted by Gasteiger charge is -2.26. The van der Waals surface area contributed by atoms with Gasteiger partial charge in [0, 0.05) is 12.6 Å². The van der Waals surface area contributed by atoms with Gasteiger partial charge in [0.25, 0.3) is 0 Å². The molecule has 1 aromatic rings. The van der Waals surface area contributed by atoms with Crippen LogP contribution in [0, 0.1) is 5.92 Å². The lowest BCUT2D eigenvalue weighted by atomic mass is 10.1. The number of aliphatic hydroxyl groups is 1. The minimum Gasteiger partial charge on any atom is -0.391 e. The van der Waals surface area contributed by atoms with E-state index in [4.69, 9.17) is 0 Å². The molecule has 16 heavy (non-hydrogen) atoms. The maximum atomic E-state index is 9.29. The molecule has 1 aromatic heterocycles. The van der Waals surface area contributed by atoms with E-state index in [9.17, 15) is 5.11 Å². The summed E-state index contributed by atoms with van der Waals surface area (Å²) in [4.78, 5) is 8.21.